The Balaban J connectivity index is 0.000000385. The van der Waals surface area contributed by atoms with Gasteiger partial charge in [0.15, 0.2) is 18.4 Å². The van der Waals surface area contributed by atoms with E-state index in [9.17, 15) is 29.1 Å². The van der Waals surface area contributed by atoms with Crippen LogP contribution in [0.5, 0.6) is 0 Å². The van der Waals surface area contributed by atoms with Gasteiger partial charge in [0.25, 0.3) is 0 Å². The molecule has 0 heterocycles. The summed E-state index contributed by atoms with van der Waals surface area (Å²) >= 11 is 0. The van der Waals surface area contributed by atoms with Crippen molar-refractivity contribution in [1.82, 2.24) is 10.6 Å². The van der Waals surface area contributed by atoms with Crippen molar-refractivity contribution in [1.29, 1.82) is 0 Å². The number of amides is 2. The Bertz CT molecular complexity index is 2170. The molecule has 18 heteroatoms. The van der Waals surface area contributed by atoms with E-state index in [4.69, 9.17) is 47.4 Å². The minimum atomic E-state index is -1.11. The fourth-order valence-electron chi connectivity index (χ4n) is 6.48. The average molecular weight is 1020 g/mol. The molecule has 0 spiro atoms. The van der Waals surface area contributed by atoms with E-state index in [1.54, 1.807) is 48.5 Å². The van der Waals surface area contributed by atoms with Crippen molar-refractivity contribution in [3.63, 3.8) is 0 Å². The molecule has 0 bridgehead atoms. The second kappa shape index (κ2) is 32.7. The smallest absolute Gasteiger partial charge is 0.408 e. The van der Waals surface area contributed by atoms with Crippen molar-refractivity contribution in [2.24, 2.45) is 0 Å². The number of esters is 2. The van der Waals surface area contributed by atoms with Crippen LogP contribution in [0.2, 0.25) is 0 Å². The summed E-state index contributed by atoms with van der Waals surface area (Å²) in [7, 11) is 2.43. The van der Waals surface area contributed by atoms with Gasteiger partial charge in [-0.05, 0) is 70.7 Å². The third-order valence-corrected chi connectivity index (χ3v) is 10.0. The molecule has 2 amide bonds. The standard InChI is InChI=1S/C28H39NO8.C27H35NO8/c1-20(30)25(36-17-22-14-10-7-11-15-22)24(35-16-21-12-8-6-9-13-21)19-34-18-23(26(31)33-5)29-27(32)37-28(2,3)4;1-27(2,3)36-26(31)28-22(25(30)32-4)18-33-19-24(35-17-21-13-9-6-10-14-21)23(15-29)34-16-20-11-7-5-8-12-20/h6-15,20,23-25,30H,16-19H2,1-5H3,(H,29,32);5-15,22-24H,16-19H2,1-4H3,(H,28,31)/t20-,23+,24+,25+;22-,23-,24-/m10/s1. The number of hydrogen-bond donors (Lipinski definition) is 3. The highest BCUT2D eigenvalue weighted by atomic mass is 16.6. The molecule has 0 fully saturated rings. The highest BCUT2D eigenvalue weighted by Crippen LogP contribution is 2.17. The van der Waals surface area contributed by atoms with Gasteiger partial charge in [0.2, 0.25) is 0 Å². The van der Waals surface area contributed by atoms with E-state index in [0.717, 1.165) is 22.3 Å². The molecule has 0 saturated carbocycles. The number of methoxy groups -OCH3 is 2. The van der Waals surface area contributed by atoms with Crippen molar-refractivity contribution in [2.45, 2.75) is 129 Å². The van der Waals surface area contributed by atoms with Crippen molar-refractivity contribution in [2.75, 3.05) is 40.6 Å². The van der Waals surface area contributed by atoms with Gasteiger partial charge in [0, 0.05) is 0 Å². The van der Waals surface area contributed by atoms with E-state index in [-0.39, 0.29) is 52.9 Å². The molecule has 0 unspecified atom stereocenters. The zero-order valence-corrected chi connectivity index (χ0v) is 43.4. The van der Waals surface area contributed by atoms with Gasteiger partial charge >= 0.3 is 24.1 Å². The lowest BCUT2D eigenvalue weighted by Crippen LogP contribution is -2.48. The summed E-state index contributed by atoms with van der Waals surface area (Å²) in [5.41, 5.74) is 2.23. The number of rotatable bonds is 28. The van der Waals surface area contributed by atoms with Crippen molar-refractivity contribution in [3.05, 3.63) is 144 Å². The molecule has 73 heavy (non-hydrogen) atoms. The molecule has 0 aromatic heterocycles. The van der Waals surface area contributed by atoms with Gasteiger partial charge in [0.1, 0.15) is 35.6 Å². The Kier molecular flexibility index (Phi) is 27.4. The summed E-state index contributed by atoms with van der Waals surface area (Å²) < 4.78 is 55.4. The molecule has 4 aromatic rings. The maximum Gasteiger partial charge on any atom is 0.408 e. The van der Waals surface area contributed by atoms with Crippen LogP contribution >= 0.6 is 0 Å². The van der Waals surface area contributed by atoms with Gasteiger partial charge in [-0.15, -0.1) is 0 Å². The third-order valence-electron chi connectivity index (χ3n) is 10.0. The highest BCUT2D eigenvalue weighted by molar-refractivity contribution is 5.82. The Labute approximate surface area is 429 Å². The first-order chi connectivity index (χ1) is 34.8. The van der Waals surface area contributed by atoms with E-state index in [1.165, 1.54) is 14.2 Å². The first kappa shape index (κ1) is 61.1. The summed E-state index contributed by atoms with van der Waals surface area (Å²) in [6.07, 6.45) is -4.85. The minimum Gasteiger partial charge on any atom is -0.467 e. The first-order valence-electron chi connectivity index (χ1n) is 23.9. The lowest BCUT2D eigenvalue weighted by Gasteiger charge is -2.30. The van der Waals surface area contributed by atoms with Crippen LogP contribution in [0.3, 0.4) is 0 Å². The van der Waals surface area contributed by atoms with Crippen LogP contribution in [-0.4, -0.2) is 130 Å². The Morgan fingerprint density at radius 2 is 0.836 bits per heavy atom. The second-order valence-electron chi connectivity index (χ2n) is 18.6. The predicted molar refractivity (Wildman–Crippen MR) is 270 cm³/mol. The molecular formula is C55H74N2O16. The van der Waals surface area contributed by atoms with Crippen molar-refractivity contribution < 1.29 is 76.4 Å². The topological polar surface area (TPSA) is 222 Å². The van der Waals surface area contributed by atoms with Crippen molar-refractivity contribution >= 4 is 30.4 Å². The van der Waals surface area contributed by atoms with Crippen LogP contribution < -0.4 is 10.6 Å². The van der Waals surface area contributed by atoms with Crippen LogP contribution in [0.25, 0.3) is 0 Å². The van der Waals surface area contributed by atoms with Crippen LogP contribution in [0.15, 0.2) is 121 Å². The van der Waals surface area contributed by atoms with Crippen LogP contribution in [-0.2, 0) is 88.2 Å². The number of ether oxygens (including phenoxy) is 10. The maximum absolute atomic E-state index is 12.2. The summed E-state index contributed by atoms with van der Waals surface area (Å²) in [6.45, 7) is 12.4. The molecule has 18 nitrogen and oxygen atoms in total. The molecule has 7 atom stereocenters. The second-order valence-corrected chi connectivity index (χ2v) is 18.6. The van der Waals surface area contributed by atoms with E-state index in [0.29, 0.717) is 6.29 Å². The Hall–Kier alpha value is -6.25. The summed E-state index contributed by atoms with van der Waals surface area (Å²) in [5, 5.41) is 15.4. The first-order valence-corrected chi connectivity index (χ1v) is 23.9. The molecule has 0 aliphatic carbocycles. The number of carbonyl (C=O) groups is 5. The fourth-order valence-corrected chi connectivity index (χ4v) is 6.48. The number of aliphatic hydroxyl groups excluding tert-OH is 1. The molecule has 0 aliphatic rings. The Morgan fingerprint density at radius 1 is 0.507 bits per heavy atom. The molecule has 3 N–H and O–H groups in total. The van der Waals surface area contributed by atoms with E-state index < -0.39 is 77.9 Å². The van der Waals surface area contributed by atoms with Gasteiger partial charge in [0.05, 0.1) is 73.2 Å². The van der Waals surface area contributed by atoms with Gasteiger partial charge < -0.3 is 67.9 Å². The molecule has 0 saturated heterocycles. The lowest BCUT2D eigenvalue weighted by atomic mass is 10.1. The zero-order valence-electron chi connectivity index (χ0n) is 43.4. The number of carbonyl (C=O) groups excluding carboxylic acids is 5. The summed E-state index contributed by atoms with van der Waals surface area (Å²) in [4.78, 5) is 60.6. The number of aldehydes is 1. The molecule has 0 aliphatic heterocycles. The number of nitrogens with one attached hydrogen (secondary N) is 2. The number of alkyl carbamates (subject to hydrolysis) is 2. The molecular weight excluding hydrogens is 945 g/mol. The van der Waals surface area contributed by atoms with Crippen molar-refractivity contribution in [3.8, 4) is 0 Å². The van der Waals surface area contributed by atoms with E-state index in [2.05, 4.69) is 10.6 Å². The average Bonchev–Trinajstić information content (AvgIpc) is 3.36. The molecule has 400 valence electrons. The van der Waals surface area contributed by atoms with Crippen LogP contribution in [0, 0.1) is 0 Å². The fraction of sp³-hybridized carbons (Fsp3) is 0.473. The number of aliphatic hydroxyl groups is 1. The lowest BCUT2D eigenvalue weighted by molar-refractivity contribution is -0.154. The Morgan fingerprint density at radius 3 is 1.16 bits per heavy atom. The molecule has 0 radical (unpaired) electrons. The highest BCUT2D eigenvalue weighted by Gasteiger charge is 2.32. The normalized spacial score (nSPS) is 14.3. The largest absolute Gasteiger partial charge is 0.467 e. The van der Waals surface area contributed by atoms with Gasteiger partial charge in [-0.1, -0.05) is 121 Å². The quantitative estimate of drug-likeness (QED) is 0.0294. The monoisotopic (exact) mass is 1020 g/mol. The molecule has 4 rings (SSSR count). The number of hydrogen-bond acceptors (Lipinski definition) is 16. The van der Waals surface area contributed by atoms with Gasteiger partial charge in [-0.25, -0.2) is 19.2 Å². The maximum atomic E-state index is 12.2. The summed E-state index contributed by atoms with van der Waals surface area (Å²) in [6, 6.07) is 35.9. The summed E-state index contributed by atoms with van der Waals surface area (Å²) in [5.74, 6) is -1.38. The van der Waals surface area contributed by atoms with E-state index >= 15 is 0 Å². The third kappa shape index (κ3) is 25.8. The number of benzene rings is 4. The van der Waals surface area contributed by atoms with Crippen LogP contribution in [0.1, 0.15) is 70.7 Å². The van der Waals surface area contributed by atoms with Gasteiger partial charge in [-0.3, -0.25) is 0 Å². The molecule has 4 aromatic carbocycles. The van der Waals surface area contributed by atoms with E-state index in [1.807, 2.05) is 121 Å². The predicted octanol–water partition coefficient (Wildman–Crippen LogP) is 7.06. The zero-order chi connectivity index (χ0) is 53.7. The van der Waals surface area contributed by atoms with Crippen LogP contribution in [0.4, 0.5) is 9.59 Å². The minimum absolute atomic E-state index is 0.0132. The van der Waals surface area contributed by atoms with Gasteiger partial charge in [-0.2, -0.15) is 0 Å². The SMILES string of the molecule is COC(=O)[C@H](COC[C@H](OCc1ccccc1)[C@@H](OCc1ccccc1)[C@@H](C)O)NC(=O)OC(C)(C)C.COC(=O)[C@H](COC[C@H](OCc1ccccc1)[C@H](C=O)OCc1ccccc1)NC(=O)OC(C)(C)C.